The van der Waals surface area contributed by atoms with Crippen LogP contribution in [-0.2, 0) is 19.9 Å². The molecule has 1 spiro atoms. The molecule has 2 saturated heterocycles. The van der Waals surface area contributed by atoms with E-state index in [1.807, 2.05) is 0 Å². The SMILES string of the molecule is CC(C)(C)N1C(=O)[C@H]2[C@@H]([C@H](O)c3ccc(Cl)cc3)N[C@@]3(C(=O)Nc4ccc(F)cc43)[C@@H]2C1=O. The highest BCUT2D eigenvalue weighted by atomic mass is 35.5. The molecule has 0 unspecified atom stereocenters. The molecule has 33 heavy (non-hydrogen) atoms. The molecule has 172 valence electrons. The van der Waals surface area contributed by atoms with Gasteiger partial charge in [0.25, 0.3) is 0 Å². The van der Waals surface area contributed by atoms with E-state index in [0.29, 0.717) is 16.3 Å². The van der Waals surface area contributed by atoms with Crippen molar-refractivity contribution in [3.05, 3.63) is 64.4 Å². The summed E-state index contributed by atoms with van der Waals surface area (Å²) in [6.45, 7) is 5.20. The van der Waals surface area contributed by atoms with Gasteiger partial charge in [-0.05, 0) is 56.7 Å². The number of hydrogen-bond acceptors (Lipinski definition) is 5. The molecule has 9 heteroatoms. The molecule has 3 heterocycles. The van der Waals surface area contributed by atoms with Crippen LogP contribution >= 0.6 is 11.6 Å². The molecule has 3 aliphatic rings. The zero-order valence-corrected chi connectivity index (χ0v) is 19.0. The van der Waals surface area contributed by atoms with E-state index in [1.165, 1.54) is 18.2 Å². The van der Waals surface area contributed by atoms with Crippen LogP contribution in [0.3, 0.4) is 0 Å². The van der Waals surface area contributed by atoms with Crippen molar-refractivity contribution in [1.29, 1.82) is 0 Å². The van der Waals surface area contributed by atoms with Gasteiger partial charge < -0.3 is 10.4 Å². The van der Waals surface area contributed by atoms with Crippen LogP contribution in [0.25, 0.3) is 0 Å². The van der Waals surface area contributed by atoms with Crippen LogP contribution in [0.1, 0.15) is 38.0 Å². The molecule has 0 saturated carbocycles. The van der Waals surface area contributed by atoms with Gasteiger partial charge in [-0.15, -0.1) is 0 Å². The molecule has 0 aromatic heterocycles. The number of benzene rings is 2. The third kappa shape index (κ3) is 2.97. The molecule has 5 rings (SSSR count). The predicted octanol–water partition coefficient (Wildman–Crippen LogP) is 2.73. The molecule has 0 radical (unpaired) electrons. The number of carbonyl (C=O) groups excluding carboxylic acids is 3. The summed E-state index contributed by atoms with van der Waals surface area (Å²) < 4.78 is 14.3. The van der Waals surface area contributed by atoms with E-state index in [-0.39, 0.29) is 5.56 Å². The number of nitrogens with one attached hydrogen (secondary N) is 2. The van der Waals surface area contributed by atoms with E-state index in [2.05, 4.69) is 10.6 Å². The lowest BCUT2D eigenvalue weighted by Crippen LogP contribution is -2.56. The number of fused-ring (bicyclic) bond motifs is 4. The van der Waals surface area contributed by atoms with Gasteiger partial charge in [0.15, 0.2) is 0 Å². The van der Waals surface area contributed by atoms with Crippen molar-refractivity contribution >= 4 is 35.0 Å². The van der Waals surface area contributed by atoms with Gasteiger partial charge in [0.2, 0.25) is 17.7 Å². The lowest BCUT2D eigenvalue weighted by Gasteiger charge is -2.35. The van der Waals surface area contributed by atoms with E-state index in [4.69, 9.17) is 11.6 Å². The second-order valence-corrected chi connectivity index (χ2v) is 10.2. The van der Waals surface area contributed by atoms with Crippen molar-refractivity contribution in [2.75, 3.05) is 5.32 Å². The van der Waals surface area contributed by atoms with Crippen LogP contribution in [0.2, 0.25) is 5.02 Å². The van der Waals surface area contributed by atoms with Crippen molar-refractivity contribution in [3.8, 4) is 0 Å². The van der Waals surface area contributed by atoms with Crippen LogP contribution < -0.4 is 10.6 Å². The topological polar surface area (TPSA) is 98.7 Å². The van der Waals surface area contributed by atoms with Gasteiger partial charge in [0.05, 0.1) is 24.0 Å². The van der Waals surface area contributed by atoms with Gasteiger partial charge in [0.1, 0.15) is 11.4 Å². The largest absolute Gasteiger partial charge is 0.387 e. The average Bonchev–Trinajstić information content (AvgIpc) is 3.33. The Morgan fingerprint density at radius 2 is 1.76 bits per heavy atom. The number of rotatable bonds is 2. The van der Waals surface area contributed by atoms with Crippen molar-refractivity contribution in [3.63, 3.8) is 0 Å². The molecule has 2 fully saturated rings. The minimum atomic E-state index is -1.69. The number of hydrogen-bond donors (Lipinski definition) is 3. The number of anilines is 1. The first kappa shape index (κ1) is 22.0. The first-order valence-electron chi connectivity index (χ1n) is 10.7. The van der Waals surface area contributed by atoms with Gasteiger partial charge in [-0.1, -0.05) is 23.7 Å². The van der Waals surface area contributed by atoms with Gasteiger partial charge in [-0.25, -0.2) is 4.39 Å². The number of aliphatic hydroxyl groups is 1. The second-order valence-electron chi connectivity index (χ2n) is 9.80. The molecule has 3 N–H and O–H groups in total. The maximum atomic E-state index is 14.3. The minimum absolute atomic E-state index is 0.255. The molecule has 0 bridgehead atoms. The fourth-order valence-corrected chi connectivity index (χ4v) is 5.63. The predicted molar refractivity (Wildman–Crippen MR) is 119 cm³/mol. The van der Waals surface area contributed by atoms with Crippen LogP contribution in [0.4, 0.5) is 10.1 Å². The zero-order valence-electron chi connectivity index (χ0n) is 18.2. The summed E-state index contributed by atoms with van der Waals surface area (Å²) in [5.41, 5.74) is -1.43. The number of halogens is 2. The Balaban J connectivity index is 1.69. The molecule has 2 aromatic rings. The van der Waals surface area contributed by atoms with Crippen molar-refractivity contribution < 1.29 is 23.9 Å². The van der Waals surface area contributed by atoms with Gasteiger partial charge in [-0.3, -0.25) is 24.6 Å². The Bertz CT molecular complexity index is 1200. The highest BCUT2D eigenvalue weighted by Gasteiger charge is 2.72. The first-order chi connectivity index (χ1) is 15.5. The standard InChI is InChI=1S/C24H23ClFN3O4/c1-23(2,3)29-20(31)16-17(21(29)32)24(14-10-13(26)8-9-15(14)27-22(24)33)28-18(16)19(30)11-4-6-12(25)7-5-11/h4-10,16-19,28,30H,1-3H3,(H,27,33)/t16-,17+,18+,19-,24-/m1/s1. The van der Waals surface area contributed by atoms with E-state index >= 15 is 0 Å². The third-order valence-electron chi connectivity index (χ3n) is 6.83. The fraction of sp³-hybridized carbons (Fsp3) is 0.375. The van der Waals surface area contributed by atoms with Gasteiger partial charge in [0, 0.05) is 21.8 Å². The Morgan fingerprint density at radius 1 is 1.09 bits per heavy atom. The summed E-state index contributed by atoms with van der Waals surface area (Å²) >= 11 is 5.97. The molecule has 0 aliphatic carbocycles. The van der Waals surface area contributed by atoms with Crippen molar-refractivity contribution in [1.82, 2.24) is 10.2 Å². The highest BCUT2D eigenvalue weighted by Crippen LogP contribution is 2.55. The van der Waals surface area contributed by atoms with Gasteiger partial charge in [-0.2, -0.15) is 0 Å². The number of imide groups is 1. The first-order valence-corrected chi connectivity index (χ1v) is 11.1. The monoisotopic (exact) mass is 471 g/mol. The molecule has 7 nitrogen and oxygen atoms in total. The number of likely N-dealkylation sites (tertiary alicyclic amines) is 1. The van der Waals surface area contributed by atoms with E-state index < -0.39 is 58.6 Å². The number of aliphatic hydroxyl groups excluding tert-OH is 1. The highest BCUT2D eigenvalue weighted by molar-refractivity contribution is 6.30. The minimum Gasteiger partial charge on any atom is -0.387 e. The Hall–Kier alpha value is -2.81. The summed E-state index contributed by atoms with van der Waals surface area (Å²) in [4.78, 5) is 41.8. The van der Waals surface area contributed by atoms with Crippen LogP contribution in [-0.4, -0.2) is 39.3 Å². The molecular weight excluding hydrogens is 449 g/mol. The summed E-state index contributed by atoms with van der Waals surface area (Å²) in [5.74, 6) is -4.29. The Morgan fingerprint density at radius 3 is 2.39 bits per heavy atom. The lowest BCUT2D eigenvalue weighted by molar-refractivity contribution is -0.148. The number of carbonyl (C=O) groups is 3. The maximum absolute atomic E-state index is 14.3. The molecule has 2 aromatic carbocycles. The third-order valence-corrected chi connectivity index (χ3v) is 7.09. The fourth-order valence-electron chi connectivity index (χ4n) is 5.50. The summed E-state index contributed by atoms with van der Waals surface area (Å²) in [6.07, 6.45) is -1.23. The molecular formula is C24H23ClFN3O4. The van der Waals surface area contributed by atoms with E-state index in [1.54, 1.807) is 45.0 Å². The van der Waals surface area contributed by atoms with E-state index in [0.717, 1.165) is 4.90 Å². The normalized spacial score (nSPS) is 29.5. The van der Waals surface area contributed by atoms with Crippen LogP contribution in [0.15, 0.2) is 42.5 Å². The maximum Gasteiger partial charge on any atom is 0.250 e. The van der Waals surface area contributed by atoms with Crippen LogP contribution in [0.5, 0.6) is 0 Å². The van der Waals surface area contributed by atoms with Gasteiger partial charge >= 0.3 is 0 Å². The van der Waals surface area contributed by atoms with Crippen molar-refractivity contribution in [2.24, 2.45) is 11.8 Å². The zero-order chi connectivity index (χ0) is 23.9. The molecule has 3 amide bonds. The second kappa shape index (κ2) is 7.09. The Kier molecular flexibility index (Phi) is 4.73. The number of nitrogens with zero attached hydrogens (tertiary/aromatic N) is 1. The summed E-state index contributed by atoms with van der Waals surface area (Å²) in [6, 6.07) is 9.34. The average molecular weight is 472 g/mol. The Labute approximate surface area is 194 Å². The van der Waals surface area contributed by atoms with E-state index in [9.17, 15) is 23.9 Å². The number of amides is 3. The summed E-state index contributed by atoms with van der Waals surface area (Å²) in [5, 5.41) is 17.6. The summed E-state index contributed by atoms with van der Waals surface area (Å²) in [7, 11) is 0. The lowest BCUT2D eigenvalue weighted by atomic mass is 9.76. The van der Waals surface area contributed by atoms with Crippen LogP contribution in [0, 0.1) is 17.7 Å². The molecule has 5 atom stereocenters. The quantitative estimate of drug-likeness (QED) is 0.585. The smallest absolute Gasteiger partial charge is 0.250 e. The molecule has 3 aliphatic heterocycles. The van der Waals surface area contributed by atoms with Crippen molar-refractivity contribution in [2.45, 2.75) is 44.0 Å².